The second-order valence-corrected chi connectivity index (χ2v) is 9.31. The fourth-order valence-electron chi connectivity index (χ4n) is 4.28. The predicted molar refractivity (Wildman–Crippen MR) is 142 cm³/mol. The molecule has 1 aliphatic heterocycles. The molecule has 9 heteroatoms. The maximum absolute atomic E-state index is 13.8. The van der Waals surface area contributed by atoms with Gasteiger partial charge in [-0.25, -0.2) is 9.79 Å². The highest BCUT2D eigenvalue weighted by Crippen LogP contribution is 2.33. The van der Waals surface area contributed by atoms with E-state index in [1.807, 2.05) is 12.1 Å². The number of hydrogen-bond acceptors (Lipinski definition) is 8. The maximum atomic E-state index is 13.8. The van der Waals surface area contributed by atoms with Gasteiger partial charge in [-0.3, -0.25) is 9.36 Å². The fraction of sp³-hybridized carbons (Fsp3) is 0.250. The monoisotopic (exact) mass is 520 g/mol. The first-order chi connectivity index (χ1) is 17.8. The molecule has 8 nitrogen and oxygen atoms in total. The van der Waals surface area contributed by atoms with Crippen molar-refractivity contribution in [1.29, 1.82) is 0 Å². The molecule has 0 radical (unpaired) electrons. The van der Waals surface area contributed by atoms with Gasteiger partial charge >= 0.3 is 5.97 Å². The molecule has 1 aromatic heterocycles. The summed E-state index contributed by atoms with van der Waals surface area (Å²) in [6, 6.07) is 9.95. The second-order valence-electron chi connectivity index (χ2n) is 8.30. The lowest BCUT2D eigenvalue weighted by atomic mass is 9.96. The van der Waals surface area contributed by atoms with Crippen molar-refractivity contribution in [3.63, 3.8) is 0 Å². The smallest absolute Gasteiger partial charge is 0.338 e. The normalized spacial score (nSPS) is 15.1. The van der Waals surface area contributed by atoms with Crippen LogP contribution < -0.4 is 24.4 Å². The third-order valence-corrected chi connectivity index (χ3v) is 6.99. The van der Waals surface area contributed by atoms with Gasteiger partial charge in [-0.15, -0.1) is 6.58 Å². The highest BCUT2D eigenvalue weighted by atomic mass is 32.1. The number of rotatable bonds is 8. The molecule has 1 atom stereocenters. The van der Waals surface area contributed by atoms with E-state index in [9.17, 15) is 14.7 Å². The van der Waals surface area contributed by atoms with Gasteiger partial charge in [0, 0.05) is 5.56 Å². The Labute approximate surface area is 218 Å². The molecule has 0 saturated heterocycles. The van der Waals surface area contributed by atoms with Gasteiger partial charge in [-0.1, -0.05) is 29.5 Å². The van der Waals surface area contributed by atoms with Crippen molar-refractivity contribution in [2.24, 2.45) is 4.99 Å². The van der Waals surface area contributed by atoms with Gasteiger partial charge in [0.2, 0.25) is 0 Å². The number of hydrogen-bond donors (Lipinski definition) is 1. The zero-order valence-electron chi connectivity index (χ0n) is 21.1. The van der Waals surface area contributed by atoms with E-state index in [1.165, 1.54) is 23.0 Å². The maximum Gasteiger partial charge on any atom is 0.338 e. The zero-order valence-corrected chi connectivity index (χ0v) is 21.9. The van der Waals surface area contributed by atoms with Gasteiger partial charge in [-0.2, -0.15) is 0 Å². The lowest BCUT2D eigenvalue weighted by Gasteiger charge is -2.24. The number of phenolic OH excluding ortho intramolecular Hbond substituents is 1. The summed E-state index contributed by atoms with van der Waals surface area (Å²) in [6.45, 7) is 7.41. The van der Waals surface area contributed by atoms with E-state index in [-0.39, 0.29) is 17.9 Å². The van der Waals surface area contributed by atoms with Crippen molar-refractivity contribution in [3.05, 3.63) is 96.7 Å². The zero-order chi connectivity index (χ0) is 26.7. The quantitative estimate of drug-likeness (QED) is 0.362. The Hall–Kier alpha value is -4.11. The molecule has 1 aliphatic rings. The highest BCUT2D eigenvalue weighted by molar-refractivity contribution is 7.07. The molecule has 0 saturated carbocycles. The summed E-state index contributed by atoms with van der Waals surface area (Å²) in [7, 11) is 3.05. The number of nitrogens with zero attached hydrogens (tertiary/aromatic N) is 2. The number of fused-ring (bicyclic) bond motifs is 1. The second kappa shape index (κ2) is 10.9. The minimum absolute atomic E-state index is 0.0372. The Morgan fingerprint density at radius 3 is 2.57 bits per heavy atom. The molecule has 2 aromatic carbocycles. The first kappa shape index (κ1) is 26.0. The van der Waals surface area contributed by atoms with Gasteiger partial charge in [0.1, 0.15) is 5.75 Å². The van der Waals surface area contributed by atoms with Crippen molar-refractivity contribution < 1.29 is 24.1 Å². The van der Waals surface area contributed by atoms with E-state index >= 15 is 0 Å². The van der Waals surface area contributed by atoms with Gasteiger partial charge in [-0.05, 0) is 61.7 Å². The van der Waals surface area contributed by atoms with Crippen molar-refractivity contribution in [1.82, 2.24) is 4.57 Å². The van der Waals surface area contributed by atoms with Crippen LogP contribution in [0.15, 0.2) is 70.1 Å². The summed E-state index contributed by atoms with van der Waals surface area (Å²) in [5, 5.41) is 10.4. The summed E-state index contributed by atoms with van der Waals surface area (Å²) in [5.41, 5.74) is 2.54. The number of phenols is 1. The van der Waals surface area contributed by atoms with E-state index < -0.39 is 12.0 Å². The largest absolute Gasteiger partial charge is 0.504 e. The van der Waals surface area contributed by atoms with Crippen LogP contribution in [0.5, 0.6) is 17.2 Å². The number of allylic oxidation sites excluding steroid dienone is 2. The van der Waals surface area contributed by atoms with Crippen LogP contribution in [0.3, 0.4) is 0 Å². The van der Waals surface area contributed by atoms with Gasteiger partial charge in [0.15, 0.2) is 16.3 Å². The van der Waals surface area contributed by atoms with Gasteiger partial charge in [0.25, 0.3) is 5.56 Å². The number of aromatic hydroxyl groups is 1. The Morgan fingerprint density at radius 2 is 1.95 bits per heavy atom. The number of carbonyl (C=O) groups excluding carboxylic acids is 1. The summed E-state index contributed by atoms with van der Waals surface area (Å²) in [5.74, 6) is 0.479. The Kier molecular flexibility index (Phi) is 7.63. The fourth-order valence-corrected chi connectivity index (χ4v) is 5.33. The standard InChI is InChI=1S/C28H28N2O6S/c1-6-8-19-13-17(14-21(35-5)25(19)31)15-22-26(32)30-24(18-9-11-20(34-4)12-10-18)23(27(33)36-7-2)16(3)29-28(30)37-22/h6,9-15,24,31H,1,7-8H2,2-5H3. The van der Waals surface area contributed by atoms with Crippen LogP contribution >= 0.6 is 11.3 Å². The van der Waals surface area contributed by atoms with Crippen LogP contribution in [-0.2, 0) is 16.0 Å². The first-order valence-corrected chi connectivity index (χ1v) is 12.5. The van der Waals surface area contributed by atoms with Crippen molar-refractivity contribution in [2.45, 2.75) is 26.3 Å². The number of ether oxygens (including phenoxy) is 3. The number of benzene rings is 2. The Morgan fingerprint density at radius 1 is 1.22 bits per heavy atom. The van der Waals surface area contributed by atoms with Gasteiger partial charge < -0.3 is 19.3 Å². The minimum Gasteiger partial charge on any atom is -0.504 e. The van der Waals surface area contributed by atoms with Gasteiger partial charge in [0.05, 0.1) is 42.7 Å². The summed E-state index contributed by atoms with van der Waals surface area (Å²) in [4.78, 5) is 31.8. The predicted octanol–water partition coefficient (Wildman–Crippen LogP) is 3.25. The average molecular weight is 521 g/mol. The molecule has 37 heavy (non-hydrogen) atoms. The number of esters is 1. The van der Waals surface area contributed by atoms with Crippen LogP contribution in [-0.4, -0.2) is 36.5 Å². The van der Waals surface area contributed by atoms with E-state index in [0.29, 0.717) is 49.7 Å². The van der Waals surface area contributed by atoms with Crippen LogP contribution in [0, 0.1) is 0 Å². The van der Waals surface area contributed by atoms with E-state index in [1.54, 1.807) is 57.4 Å². The van der Waals surface area contributed by atoms with E-state index in [4.69, 9.17) is 14.2 Å². The third-order valence-electron chi connectivity index (χ3n) is 6.01. The molecule has 0 spiro atoms. The first-order valence-electron chi connectivity index (χ1n) is 11.7. The van der Waals surface area contributed by atoms with Crippen molar-refractivity contribution in [3.8, 4) is 17.2 Å². The lowest BCUT2D eigenvalue weighted by Crippen LogP contribution is -2.39. The third kappa shape index (κ3) is 4.95. The molecule has 0 fully saturated rings. The summed E-state index contributed by atoms with van der Waals surface area (Å²) < 4.78 is 17.9. The van der Waals surface area contributed by atoms with E-state index in [2.05, 4.69) is 11.6 Å². The molecule has 0 amide bonds. The number of methoxy groups -OCH3 is 2. The molecular formula is C28H28N2O6S. The molecule has 1 unspecified atom stereocenters. The molecule has 2 heterocycles. The van der Waals surface area contributed by atoms with Crippen molar-refractivity contribution in [2.75, 3.05) is 20.8 Å². The minimum atomic E-state index is -0.714. The summed E-state index contributed by atoms with van der Waals surface area (Å²) in [6.07, 6.45) is 3.85. The molecule has 3 aromatic rings. The van der Waals surface area contributed by atoms with Crippen molar-refractivity contribution >= 4 is 23.4 Å². The number of aromatic nitrogens is 1. The van der Waals surface area contributed by atoms with Crippen LogP contribution in [0.1, 0.15) is 36.6 Å². The number of thiazole rings is 1. The van der Waals surface area contributed by atoms with Crippen LogP contribution in [0.2, 0.25) is 0 Å². The molecule has 192 valence electrons. The molecule has 0 bridgehead atoms. The molecular weight excluding hydrogens is 492 g/mol. The number of carbonyl (C=O) groups is 1. The van der Waals surface area contributed by atoms with E-state index in [0.717, 1.165) is 5.56 Å². The summed E-state index contributed by atoms with van der Waals surface area (Å²) >= 11 is 1.22. The van der Waals surface area contributed by atoms with Crippen LogP contribution in [0.25, 0.3) is 6.08 Å². The topological polar surface area (TPSA) is 99.4 Å². The molecule has 1 N–H and O–H groups in total. The molecule has 0 aliphatic carbocycles. The lowest BCUT2D eigenvalue weighted by molar-refractivity contribution is -0.139. The Balaban J connectivity index is 1.94. The SMILES string of the molecule is C=CCc1cc(C=c2sc3n(c2=O)C(c2ccc(OC)cc2)C(C(=O)OCC)=C(C)N=3)cc(OC)c1O. The van der Waals surface area contributed by atoms with Crippen LogP contribution in [0.4, 0.5) is 0 Å². The highest BCUT2D eigenvalue weighted by Gasteiger charge is 2.33. The molecule has 4 rings (SSSR count). The average Bonchev–Trinajstić information content (AvgIpc) is 3.19. The Bertz CT molecular complexity index is 1560.